The smallest absolute Gasteiger partial charge is 0.0312 e. The molecule has 2 nitrogen and oxygen atoms in total. The molecule has 108 valence electrons. The predicted octanol–water partition coefficient (Wildman–Crippen LogP) is 3.46. The van der Waals surface area contributed by atoms with Gasteiger partial charge in [0.25, 0.3) is 0 Å². The van der Waals surface area contributed by atoms with E-state index >= 15 is 0 Å². The minimum Gasteiger partial charge on any atom is -0.295 e. The van der Waals surface area contributed by atoms with E-state index < -0.39 is 0 Å². The first kappa shape index (κ1) is 13.0. The number of piperidine rings is 1. The van der Waals surface area contributed by atoms with Crippen molar-refractivity contribution in [3.05, 3.63) is 65.5 Å². The van der Waals surface area contributed by atoms with Crippen molar-refractivity contribution in [3.63, 3.8) is 0 Å². The van der Waals surface area contributed by atoms with E-state index in [-0.39, 0.29) is 0 Å². The van der Waals surface area contributed by atoms with E-state index in [1.165, 1.54) is 37.8 Å². The highest BCUT2D eigenvalue weighted by Crippen LogP contribution is 2.32. The Morgan fingerprint density at radius 1 is 1.00 bits per heavy atom. The van der Waals surface area contributed by atoms with Crippen molar-refractivity contribution in [3.8, 4) is 0 Å². The van der Waals surface area contributed by atoms with Crippen molar-refractivity contribution in [1.82, 2.24) is 9.88 Å². The third-order valence-corrected chi connectivity index (χ3v) is 5.11. The lowest BCUT2D eigenvalue weighted by Gasteiger charge is -2.42. The van der Waals surface area contributed by atoms with Crippen LogP contribution in [0.4, 0.5) is 0 Å². The highest BCUT2D eigenvalue weighted by Gasteiger charge is 2.31. The summed E-state index contributed by atoms with van der Waals surface area (Å²) in [6, 6.07) is 14.0. The molecular weight excluding hydrogens is 256 g/mol. The summed E-state index contributed by atoms with van der Waals surface area (Å²) in [4.78, 5) is 6.96. The van der Waals surface area contributed by atoms with Gasteiger partial charge in [-0.1, -0.05) is 30.3 Å². The molecule has 2 aromatic rings. The molecule has 0 radical (unpaired) electrons. The molecule has 0 saturated carbocycles. The number of hydrogen-bond donors (Lipinski definition) is 0. The molecule has 2 atom stereocenters. The number of rotatable bonds is 2. The van der Waals surface area contributed by atoms with Crippen LogP contribution in [0.2, 0.25) is 0 Å². The molecular formula is C19H22N2. The van der Waals surface area contributed by atoms with Gasteiger partial charge in [-0.25, -0.2) is 0 Å². The van der Waals surface area contributed by atoms with Crippen LogP contribution in [0.3, 0.4) is 0 Å². The summed E-state index contributed by atoms with van der Waals surface area (Å²) in [5.41, 5.74) is 4.51. The Bertz CT molecular complexity index is 608. The monoisotopic (exact) mass is 278 g/mol. The first-order valence-corrected chi connectivity index (χ1v) is 8.08. The van der Waals surface area contributed by atoms with Crippen molar-refractivity contribution in [2.24, 2.45) is 5.92 Å². The third kappa shape index (κ3) is 2.73. The number of benzene rings is 1. The zero-order valence-electron chi connectivity index (χ0n) is 12.4. The van der Waals surface area contributed by atoms with Crippen molar-refractivity contribution < 1.29 is 0 Å². The molecule has 0 unspecified atom stereocenters. The molecule has 1 fully saturated rings. The molecule has 1 aliphatic carbocycles. The van der Waals surface area contributed by atoms with Gasteiger partial charge < -0.3 is 0 Å². The molecule has 2 bridgehead atoms. The molecule has 2 aliphatic heterocycles. The van der Waals surface area contributed by atoms with Gasteiger partial charge in [-0.2, -0.15) is 0 Å². The fourth-order valence-corrected chi connectivity index (χ4v) is 4.02. The van der Waals surface area contributed by atoms with E-state index in [2.05, 4.69) is 40.2 Å². The summed E-state index contributed by atoms with van der Waals surface area (Å²) in [5.74, 6) is 0.819. The van der Waals surface area contributed by atoms with Gasteiger partial charge >= 0.3 is 0 Å². The molecule has 21 heavy (non-hydrogen) atoms. The van der Waals surface area contributed by atoms with Gasteiger partial charge in [0.1, 0.15) is 0 Å². The van der Waals surface area contributed by atoms with Crippen LogP contribution in [0.1, 0.15) is 29.5 Å². The van der Waals surface area contributed by atoms with E-state index in [0.717, 1.165) is 12.5 Å². The SMILES string of the molecule is c1cncc(CN2C[C@@H]3CC[C@H]2Cc2ccccc2C3)c1. The van der Waals surface area contributed by atoms with Gasteiger partial charge in [0.15, 0.2) is 0 Å². The minimum absolute atomic E-state index is 0.697. The Balaban J connectivity index is 1.59. The van der Waals surface area contributed by atoms with Crippen molar-refractivity contribution >= 4 is 0 Å². The Morgan fingerprint density at radius 2 is 1.86 bits per heavy atom. The second kappa shape index (κ2) is 5.61. The summed E-state index contributed by atoms with van der Waals surface area (Å²) < 4.78 is 0. The largest absolute Gasteiger partial charge is 0.295 e. The standard InChI is InChI=1S/C19H22N2/c1-2-6-18-11-19-8-7-15(10-17(18)5-1)13-21(19)14-16-4-3-9-20-12-16/h1-6,9,12,15,19H,7-8,10-11,13-14H2/t15-,19+/m1/s1. The molecule has 0 N–H and O–H groups in total. The van der Waals surface area contributed by atoms with Crippen molar-refractivity contribution in [2.75, 3.05) is 6.54 Å². The lowest BCUT2D eigenvalue weighted by Crippen LogP contribution is -2.46. The summed E-state index contributed by atoms with van der Waals surface area (Å²) in [6.45, 7) is 2.30. The Labute approximate surface area is 126 Å². The number of hydrogen-bond acceptors (Lipinski definition) is 2. The molecule has 3 aliphatic rings. The van der Waals surface area contributed by atoms with Gasteiger partial charge in [-0.3, -0.25) is 9.88 Å². The predicted molar refractivity (Wildman–Crippen MR) is 85.0 cm³/mol. The average molecular weight is 278 g/mol. The van der Waals surface area contributed by atoms with Crippen LogP contribution in [0.25, 0.3) is 0 Å². The maximum absolute atomic E-state index is 4.26. The van der Waals surface area contributed by atoms with Crippen LogP contribution in [0.15, 0.2) is 48.8 Å². The highest BCUT2D eigenvalue weighted by atomic mass is 15.2. The lowest BCUT2D eigenvalue weighted by molar-refractivity contribution is 0.0937. The molecule has 2 heteroatoms. The topological polar surface area (TPSA) is 16.1 Å². The van der Waals surface area contributed by atoms with E-state index in [1.54, 1.807) is 11.1 Å². The zero-order valence-corrected chi connectivity index (χ0v) is 12.4. The number of fused-ring (bicyclic) bond motifs is 2. The van der Waals surface area contributed by atoms with Gasteiger partial charge in [0.2, 0.25) is 0 Å². The Morgan fingerprint density at radius 3 is 2.67 bits per heavy atom. The number of nitrogens with zero attached hydrogens (tertiary/aromatic N) is 2. The fraction of sp³-hybridized carbons (Fsp3) is 0.421. The average Bonchev–Trinajstić information content (AvgIpc) is 2.49. The molecule has 5 rings (SSSR count). The molecule has 3 heterocycles. The summed E-state index contributed by atoms with van der Waals surface area (Å²) >= 11 is 0. The maximum Gasteiger partial charge on any atom is 0.0312 e. The van der Waals surface area contributed by atoms with Crippen LogP contribution < -0.4 is 0 Å². The van der Waals surface area contributed by atoms with E-state index in [4.69, 9.17) is 0 Å². The summed E-state index contributed by atoms with van der Waals surface area (Å²) in [5, 5.41) is 0. The third-order valence-electron chi connectivity index (χ3n) is 5.11. The Hall–Kier alpha value is -1.67. The second-order valence-electron chi connectivity index (χ2n) is 6.56. The number of aromatic nitrogens is 1. The first-order chi connectivity index (χ1) is 10.4. The molecule has 0 amide bonds. The lowest BCUT2D eigenvalue weighted by atomic mass is 9.80. The minimum atomic E-state index is 0.697. The van der Waals surface area contributed by atoms with Crippen molar-refractivity contribution in [1.29, 1.82) is 0 Å². The van der Waals surface area contributed by atoms with Crippen LogP contribution in [-0.2, 0) is 19.4 Å². The molecule has 1 aromatic heterocycles. The zero-order chi connectivity index (χ0) is 14.1. The van der Waals surface area contributed by atoms with E-state index in [9.17, 15) is 0 Å². The van der Waals surface area contributed by atoms with Crippen LogP contribution in [-0.4, -0.2) is 22.5 Å². The molecule has 1 saturated heterocycles. The summed E-state index contributed by atoms with van der Waals surface area (Å²) in [7, 11) is 0. The normalized spacial score (nSPS) is 25.1. The van der Waals surface area contributed by atoms with Crippen LogP contribution in [0, 0.1) is 5.92 Å². The maximum atomic E-state index is 4.26. The van der Waals surface area contributed by atoms with Crippen molar-refractivity contribution in [2.45, 2.75) is 38.3 Å². The van der Waals surface area contributed by atoms with E-state index in [0.29, 0.717) is 6.04 Å². The fourth-order valence-electron chi connectivity index (χ4n) is 4.02. The number of pyridine rings is 1. The van der Waals surface area contributed by atoms with Gasteiger partial charge in [-0.05, 0) is 54.4 Å². The molecule has 1 aromatic carbocycles. The second-order valence-corrected chi connectivity index (χ2v) is 6.56. The Kier molecular flexibility index (Phi) is 3.48. The van der Waals surface area contributed by atoms with Gasteiger partial charge in [0, 0.05) is 31.5 Å². The summed E-state index contributed by atoms with van der Waals surface area (Å²) in [6.07, 6.45) is 9.08. The molecule has 0 spiro atoms. The van der Waals surface area contributed by atoms with Gasteiger partial charge in [0.05, 0.1) is 0 Å². The van der Waals surface area contributed by atoms with E-state index in [1.807, 2.05) is 18.5 Å². The first-order valence-electron chi connectivity index (χ1n) is 8.08. The van der Waals surface area contributed by atoms with Crippen LogP contribution in [0.5, 0.6) is 0 Å². The quantitative estimate of drug-likeness (QED) is 0.836. The highest BCUT2D eigenvalue weighted by molar-refractivity contribution is 5.30. The van der Waals surface area contributed by atoms with Gasteiger partial charge in [-0.15, -0.1) is 0 Å². The van der Waals surface area contributed by atoms with Crippen LogP contribution >= 0.6 is 0 Å².